The molecule has 9 nitrogen and oxygen atoms in total. The van der Waals surface area contributed by atoms with Gasteiger partial charge in [-0.25, -0.2) is 15.0 Å². The lowest BCUT2D eigenvalue weighted by molar-refractivity contribution is -0.137. The Morgan fingerprint density at radius 1 is 1.32 bits per heavy atom. The average Bonchev–Trinajstić information content (AvgIpc) is 2.90. The Bertz CT molecular complexity index is 978. The molecule has 3 aliphatic rings. The summed E-state index contributed by atoms with van der Waals surface area (Å²) in [5, 5.41) is 1.96. The second kappa shape index (κ2) is 7.52. The van der Waals surface area contributed by atoms with E-state index >= 15 is 0 Å². The molecule has 0 bridgehead atoms. The largest absolute Gasteiger partial charge is 0.421 e. The number of hydrazine groups is 1. The van der Waals surface area contributed by atoms with E-state index in [1.807, 2.05) is 12.1 Å². The molecule has 2 amide bonds. The van der Waals surface area contributed by atoms with Crippen molar-refractivity contribution in [3.8, 4) is 0 Å². The van der Waals surface area contributed by atoms with Crippen LogP contribution in [0, 0.1) is 0 Å². The van der Waals surface area contributed by atoms with Gasteiger partial charge in [-0.1, -0.05) is 6.58 Å². The number of likely N-dealkylation sites (tertiary alicyclic amines) is 1. The van der Waals surface area contributed by atoms with E-state index in [0.717, 1.165) is 11.3 Å². The predicted octanol–water partition coefficient (Wildman–Crippen LogP) is 0.783. The fourth-order valence-electron chi connectivity index (χ4n) is 4.49. The zero-order chi connectivity index (χ0) is 22.5. The highest BCUT2D eigenvalue weighted by atomic mass is 19.4. The lowest BCUT2D eigenvalue weighted by Gasteiger charge is -2.38. The molecule has 0 aliphatic carbocycles. The molecule has 4 heterocycles. The number of hydrogen-bond acceptors (Lipinski definition) is 7. The van der Waals surface area contributed by atoms with Crippen LogP contribution in [0.15, 0.2) is 30.1 Å². The zero-order valence-electron chi connectivity index (χ0n) is 16.8. The van der Waals surface area contributed by atoms with Gasteiger partial charge in [0.1, 0.15) is 11.4 Å². The molecule has 2 atom stereocenters. The Hall–Kier alpha value is -3.15. The molecule has 31 heavy (non-hydrogen) atoms. The van der Waals surface area contributed by atoms with E-state index in [0.29, 0.717) is 32.1 Å². The summed E-state index contributed by atoms with van der Waals surface area (Å²) in [5.41, 5.74) is 9.59. The van der Waals surface area contributed by atoms with Crippen LogP contribution in [0.2, 0.25) is 0 Å². The fourth-order valence-corrected chi connectivity index (χ4v) is 4.49. The number of rotatable bonds is 2. The summed E-state index contributed by atoms with van der Waals surface area (Å²) < 4.78 is 38.9. The van der Waals surface area contributed by atoms with Crippen molar-refractivity contribution < 1.29 is 22.8 Å². The third kappa shape index (κ3) is 3.60. The Kier molecular flexibility index (Phi) is 5.12. The van der Waals surface area contributed by atoms with Crippen LogP contribution >= 0.6 is 0 Å². The van der Waals surface area contributed by atoms with Crippen molar-refractivity contribution >= 4 is 17.6 Å². The van der Waals surface area contributed by atoms with Crippen molar-refractivity contribution in [1.29, 1.82) is 0 Å². The maximum absolute atomic E-state index is 13.2. The van der Waals surface area contributed by atoms with Crippen molar-refractivity contribution in [1.82, 2.24) is 30.2 Å². The van der Waals surface area contributed by atoms with Gasteiger partial charge in [0, 0.05) is 45.0 Å². The number of likely N-dealkylation sites (N-methyl/N-ethyl adjacent to an activating group) is 1. The number of nitrogens with two attached hydrogens (primary N) is 1. The first-order valence-electron chi connectivity index (χ1n) is 9.76. The molecule has 12 heteroatoms. The van der Waals surface area contributed by atoms with Crippen LogP contribution in [0.3, 0.4) is 0 Å². The molecule has 1 aromatic heterocycles. The lowest BCUT2D eigenvalue weighted by atomic mass is 9.91. The van der Waals surface area contributed by atoms with E-state index < -0.39 is 35.3 Å². The summed E-state index contributed by atoms with van der Waals surface area (Å²) in [6.45, 7) is 4.58. The first kappa shape index (κ1) is 21.1. The molecule has 3 N–H and O–H groups in total. The van der Waals surface area contributed by atoms with E-state index in [1.54, 1.807) is 4.90 Å². The third-order valence-electron chi connectivity index (χ3n) is 5.95. The molecule has 0 saturated carbocycles. The molecule has 1 saturated heterocycles. The highest BCUT2D eigenvalue weighted by molar-refractivity contribution is 5.92. The number of carbonyl (C=O) groups is 2. The monoisotopic (exact) mass is 437 g/mol. The van der Waals surface area contributed by atoms with Gasteiger partial charge in [0.15, 0.2) is 0 Å². The van der Waals surface area contributed by atoms with Crippen LogP contribution in [-0.2, 0) is 11.0 Å². The van der Waals surface area contributed by atoms with Gasteiger partial charge < -0.3 is 21.0 Å². The fraction of sp³-hybridized carbons (Fsp3) is 0.474. The van der Waals surface area contributed by atoms with E-state index in [1.165, 1.54) is 11.0 Å². The summed E-state index contributed by atoms with van der Waals surface area (Å²) in [6.07, 6.45) is -1.74. The number of nitrogens with zero attached hydrogens (tertiary/aromatic N) is 5. The predicted molar refractivity (Wildman–Crippen MR) is 104 cm³/mol. The minimum absolute atomic E-state index is 0.0168. The minimum atomic E-state index is -4.71. The molecule has 3 aliphatic heterocycles. The van der Waals surface area contributed by atoms with Crippen molar-refractivity contribution in [3.63, 3.8) is 0 Å². The standard InChI is InChI=1S/C19H22F3N7O2/c1-3-14(30)28-6-5-12-15-11(26-27(12)2)4-7-29(13(15)9-28)18(31)17-24-8-10(16(23)25-17)19(20,21)22/h3,8,12-13,26H,1,4-7,9H2,2H3,(H2,23,24,25). The van der Waals surface area contributed by atoms with E-state index in [9.17, 15) is 22.8 Å². The topological polar surface area (TPSA) is 108 Å². The summed E-state index contributed by atoms with van der Waals surface area (Å²) >= 11 is 0. The molecule has 4 rings (SSSR count). The number of hydrogen-bond donors (Lipinski definition) is 2. The number of aromatic nitrogens is 2. The van der Waals surface area contributed by atoms with Crippen LogP contribution in [0.5, 0.6) is 0 Å². The Morgan fingerprint density at radius 3 is 2.71 bits per heavy atom. The minimum Gasteiger partial charge on any atom is -0.383 e. The summed E-state index contributed by atoms with van der Waals surface area (Å²) in [5.74, 6) is -2.08. The van der Waals surface area contributed by atoms with E-state index in [4.69, 9.17) is 5.73 Å². The SMILES string of the molecule is C=CC(=O)N1CCC2C3=C(CCN(C(=O)c4ncc(C(F)(F)F)c(N)n4)C3C1)NN2C. The molecule has 1 fully saturated rings. The summed E-state index contributed by atoms with van der Waals surface area (Å²) in [6, 6.07) is -0.478. The maximum Gasteiger partial charge on any atom is 0.421 e. The maximum atomic E-state index is 13.2. The van der Waals surface area contributed by atoms with Crippen molar-refractivity contribution in [2.45, 2.75) is 31.1 Å². The lowest BCUT2D eigenvalue weighted by Crippen LogP contribution is -2.51. The van der Waals surface area contributed by atoms with Crippen LogP contribution in [0.4, 0.5) is 19.0 Å². The van der Waals surface area contributed by atoms with Crippen LogP contribution in [-0.4, -0.2) is 75.4 Å². The van der Waals surface area contributed by atoms with E-state index in [2.05, 4.69) is 22.0 Å². The van der Waals surface area contributed by atoms with Crippen molar-refractivity contribution in [2.24, 2.45) is 0 Å². The molecule has 2 unspecified atom stereocenters. The van der Waals surface area contributed by atoms with Crippen LogP contribution < -0.4 is 11.2 Å². The first-order chi connectivity index (χ1) is 14.6. The molecule has 1 aromatic rings. The van der Waals surface area contributed by atoms with Gasteiger partial charge in [0.25, 0.3) is 5.91 Å². The molecular formula is C19H22F3N7O2. The molecule has 166 valence electrons. The Balaban J connectivity index is 1.69. The molecule has 0 aromatic carbocycles. The second-order valence-corrected chi connectivity index (χ2v) is 7.70. The zero-order valence-corrected chi connectivity index (χ0v) is 16.8. The highest BCUT2D eigenvalue weighted by Crippen LogP contribution is 2.37. The Labute approximate surface area is 176 Å². The smallest absolute Gasteiger partial charge is 0.383 e. The molecule has 0 radical (unpaired) electrons. The van der Waals surface area contributed by atoms with Gasteiger partial charge >= 0.3 is 6.18 Å². The van der Waals surface area contributed by atoms with Crippen molar-refractivity contribution in [2.75, 3.05) is 32.4 Å². The van der Waals surface area contributed by atoms with Gasteiger partial charge in [-0.3, -0.25) is 9.59 Å². The number of alkyl halides is 3. The number of nitrogens with one attached hydrogen (secondary N) is 1. The number of halogens is 3. The number of amides is 2. The normalized spacial score (nSPS) is 23.9. The molecule has 0 spiro atoms. The second-order valence-electron chi connectivity index (χ2n) is 7.70. The number of carbonyl (C=O) groups excluding carboxylic acids is 2. The highest BCUT2D eigenvalue weighted by Gasteiger charge is 2.45. The van der Waals surface area contributed by atoms with E-state index in [-0.39, 0.29) is 18.5 Å². The number of nitrogen functional groups attached to an aromatic ring is 1. The summed E-state index contributed by atoms with van der Waals surface area (Å²) in [7, 11) is 1.90. The van der Waals surface area contributed by atoms with Gasteiger partial charge in [0.2, 0.25) is 11.7 Å². The quantitative estimate of drug-likeness (QED) is 0.659. The van der Waals surface area contributed by atoms with Gasteiger partial charge in [-0.05, 0) is 18.1 Å². The van der Waals surface area contributed by atoms with Crippen LogP contribution in [0.1, 0.15) is 29.0 Å². The third-order valence-corrected chi connectivity index (χ3v) is 5.95. The Morgan fingerprint density at radius 2 is 2.06 bits per heavy atom. The van der Waals surface area contributed by atoms with Gasteiger partial charge in [-0.2, -0.15) is 13.2 Å². The molecular weight excluding hydrogens is 415 g/mol. The summed E-state index contributed by atoms with van der Waals surface area (Å²) in [4.78, 5) is 36.0. The first-order valence-corrected chi connectivity index (χ1v) is 9.76. The van der Waals surface area contributed by atoms with Crippen molar-refractivity contribution in [3.05, 3.63) is 41.5 Å². The average molecular weight is 437 g/mol. The van der Waals surface area contributed by atoms with Gasteiger partial charge in [-0.15, -0.1) is 0 Å². The van der Waals surface area contributed by atoms with Crippen LogP contribution in [0.25, 0.3) is 0 Å². The number of anilines is 1. The van der Waals surface area contributed by atoms with Gasteiger partial charge in [0.05, 0.1) is 12.1 Å².